The van der Waals surface area contributed by atoms with Crippen LogP contribution < -0.4 is 5.32 Å². The molecule has 0 radical (unpaired) electrons. The maximum atomic E-state index is 12.0. The second-order valence-electron chi connectivity index (χ2n) is 5.53. The molecule has 1 aliphatic heterocycles. The standard InChI is InChI=1S/C13H24BrNOS/c1-13(2,7-5-8-14)10-15-12(16)11-6-3-4-9-17-11/h11H,3-10H2,1-2H3,(H,15,16). The minimum atomic E-state index is 0.204. The van der Waals surface area contributed by atoms with Crippen LogP contribution in [0.3, 0.4) is 0 Å². The molecule has 2 nitrogen and oxygen atoms in total. The Bertz CT molecular complexity index is 240. The van der Waals surface area contributed by atoms with Crippen molar-refractivity contribution in [3.05, 3.63) is 0 Å². The van der Waals surface area contributed by atoms with E-state index in [0.717, 1.165) is 30.5 Å². The molecule has 1 amide bonds. The number of thioether (sulfide) groups is 1. The molecular formula is C13H24BrNOS. The maximum Gasteiger partial charge on any atom is 0.233 e. The summed E-state index contributed by atoms with van der Waals surface area (Å²) in [4.78, 5) is 12.0. The molecule has 0 aromatic heterocycles. The van der Waals surface area contributed by atoms with Gasteiger partial charge in [-0.15, -0.1) is 11.8 Å². The summed E-state index contributed by atoms with van der Waals surface area (Å²) in [5.41, 5.74) is 0.211. The number of amides is 1. The summed E-state index contributed by atoms with van der Waals surface area (Å²) in [5.74, 6) is 1.40. The number of hydrogen-bond acceptors (Lipinski definition) is 2. The predicted octanol–water partition coefficient (Wildman–Crippen LogP) is 3.59. The first-order valence-corrected chi connectivity index (χ1v) is 8.67. The summed E-state index contributed by atoms with van der Waals surface area (Å²) < 4.78 is 0. The van der Waals surface area contributed by atoms with Gasteiger partial charge in [0, 0.05) is 11.9 Å². The molecule has 1 rings (SSSR count). The van der Waals surface area contributed by atoms with Crippen LogP contribution in [-0.4, -0.2) is 28.8 Å². The molecule has 4 heteroatoms. The number of alkyl halides is 1. The molecule has 0 aromatic carbocycles. The number of carbonyl (C=O) groups excluding carboxylic acids is 1. The van der Waals surface area contributed by atoms with E-state index in [1.807, 2.05) is 11.8 Å². The van der Waals surface area contributed by atoms with Crippen LogP contribution >= 0.6 is 27.7 Å². The molecule has 0 spiro atoms. The van der Waals surface area contributed by atoms with E-state index in [1.54, 1.807) is 0 Å². The molecule has 1 unspecified atom stereocenters. The Morgan fingerprint density at radius 3 is 2.82 bits per heavy atom. The van der Waals surface area contributed by atoms with Crippen molar-refractivity contribution in [1.82, 2.24) is 5.32 Å². The molecular weight excluding hydrogens is 298 g/mol. The van der Waals surface area contributed by atoms with Crippen LogP contribution in [0, 0.1) is 5.41 Å². The highest BCUT2D eigenvalue weighted by Crippen LogP contribution is 2.26. The number of rotatable bonds is 6. The molecule has 1 atom stereocenters. The summed E-state index contributed by atoms with van der Waals surface area (Å²) >= 11 is 5.27. The van der Waals surface area contributed by atoms with E-state index >= 15 is 0 Å². The Labute approximate surface area is 118 Å². The minimum absolute atomic E-state index is 0.204. The van der Waals surface area contributed by atoms with Gasteiger partial charge in [0.1, 0.15) is 0 Å². The van der Waals surface area contributed by atoms with Crippen molar-refractivity contribution in [2.75, 3.05) is 17.6 Å². The van der Waals surface area contributed by atoms with Gasteiger partial charge in [-0.25, -0.2) is 0 Å². The van der Waals surface area contributed by atoms with E-state index in [-0.39, 0.29) is 16.6 Å². The Morgan fingerprint density at radius 1 is 1.47 bits per heavy atom. The minimum Gasteiger partial charge on any atom is -0.355 e. The molecule has 1 aliphatic rings. The third-order valence-corrected chi connectivity index (χ3v) is 5.14. The summed E-state index contributed by atoms with van der Waals surface area (Å²) in [7, 11) is 0. The van der Waals surface area contributed by atoms with Crippen LogP contribution in [0.25, 0.3) is 0 Å². The van der Waals surface area contributed by atoms with Crippen molar-refractivity contribution in [3.8, 4) is 0 Å². The van der Waals surface area contributed by atoms with Gasteiger partial charge in [0.15, 0.2) is 0 Å². The Morgan fingerprint density at radius 2 is 2.24 bits per heavy atom. The summed E-state index contributed by atoms with van der Waals surface area (Å²) in [6.45, 7) is 5.25. The first kappa shape index (κ1) is 15.4. The number of halogens is 1. The second kappa shape index (κ2) is 7.67. The lowest BCUT2D eigenvalue weighted by Gasteiger charge is -2.27. The highest BCUT2D eigenvalue weighted by atomic mass is 79.9. The first-order valence-electron chi connectivity index (χ1n) is 6.50. The molecule has 100 valence electrons. The lowest BCUT2D eigenvalue weighted by molar-refractivity contribution is -0.121. The average molecular weight is 322 g/mol. The van der Waals surface area contributed by atoms with Gasteiger partial charge in [-0.1, -0.05) is 36.2 Å². The number of carbonyl (C=O) groups is 1. The molecule has 1 saturated heterocycles. The van der Waals surface area contributed by atoms with E-state index in [4.69, 9.17) is 0 Å². The van der Waals surface area contributed by atoms with E-state index in [0.29, 0.717) is 0 Å². The zero-order valence-corrected chi connectivity index (χ0v) is 13.3. The van der Waals surface area contributed by atoms with Gasteiger partial charge >= 0.3 is 0 Å². The lowest BCUT2D eigenvalue weighted by atomic mass is 9.88. The van der Waals surface area contributed by atoms with Gasteiger partial charge in [-0.2, -0.15) is 0 Å². The largest absolute Gasteiger partial charge is 0.355 e. The fourth-order valence-electron chi connectivity index (χ4n) is 2.02. The van der Waals surface area contributed by atoms with Gasteiger partial charge in [0.2, 0.25) is 5.91 Å². The van der Waals surface area contributed by atoms with Gasteiger partial charge in [0.25, 0.3) is 0 Å². The molecule has 1 heterocycles. The van der Waals surface area contributed by atoms with E-state index in [9.17, 15) is 4.79 Å². The maximum absolute atomic E-state index is 12.0. The molecule has 1 fully saturated rings. The third-order valence-electron chi connectivity index (χ3n) is 3.20. The van der Waals surface area contributed by atoms with Crippen LogP contribution in [0.1, 0.15) is 46.0 Å². The van der Waals surface area contributed by atoms with Crippen molar-refractivity contribution in [2.45, 2.75) is 51.2 Å². The Hall–Kier alpha value is 0.300. The average Bonchev–Trinajstić information content (AvgIpc) is 2.35. The zero-order chi connectivity index (χ0) is 12.7. The molecule has 0 aliphatic carbocycles. The third kappa shape index (κ3) is 6.14. The van der Waals surface area contributed by atoms with Gasteiger partial charge in [-0.3, -0.25) is 4.79 Å². The van der Waals surface area contributed by atoms with Gasteiger partial charge in [0.05, 0.1) is 5.25 Å². The smallest absolute Gasteiger partial charge is 0.233 e. The van der Waals surface area contributed by atoms with Crippen molar-refractivity contribution in [1.29, 1.82) is 0 Å². The molecule has 0 saturated carbocycles. The van der Waals surface area contributed by atoms with Crippen LogP contribution in [0.5, 0.6) is 0 Å². The van der Waals surface area contributed by atoms with E-state index in [1.165, 1.54) is 19.3 Å². The Balaban J connectivity index is 2.26. The van der Waals surface area contributed by atoms with Crippen molar-refractivity contribution in [2.24, 2.45) is 5.41 Å². The van der Waals surface area contributed by atoms with Crippen LogP contribution in [0.4, 0.5) is 0 Å². The highest BCUT2D eigenvalue weighted by Gasteiger charge is 2.24. The SMILES string of the molecule is CC(C)(CCCBr)CNC(=O)C1CCCCS1. The summed E-state index contributed by atoms with van der Waals surface area (Å²) in [6, 6.07) is 0. The molecule has 1 N–H and O–H groups in total. The topological polar surface area (TPSA) is 29.1 Å². The van der Waals surface area contributed by atoms with Crippen molar-refractivity contribution >= 4 is 33.6 Å². The van der Waals surface area contributed by atoms with E-state index < -0.39 is 0 Å². The predicted molar refractivity (Wildman–Crippen MR) is 79.9 cm³/mol. The van der Waals surface area contributed by atoms with Crippen molar-refractivity contribution < 1.29 is 4.79 Å². The monoisotopic (exact) mass is 321 g/mol. The zero-order valence-electron chi connectivity index (χ0n) is 10.9. The van der Waals surface area contributed by atoms with Crippen LogP contribution in [-0.2, 0) is 4.79 Å². The lowest BCUT2D eigenvalue weighted by Crippen LogP contribution is -2.39. The van der Waals surface area contributed by atoms with Gasteiger partial charge < -0.3 is 5.32 Å². The number of hydrogen-bond donors (Lipinski definition) is 1. The van der Waals surface area contributed by atoms with Crippen LogP contribution in [0.15, 0.2) is 0 Å². The fourth-order valence-corrected chi connectivity index (χ4v) is 3.53. The fraction of sp³-hybridized carbons (Fsp3) is 0.923. The first-order chi connectivity index (χ1) is 8.05. The van der Waals surface area contributed by atoms with E-state index in [2.05, 4.69) is 35.1 Å². The Kier molecular flexibility index (Phi) is 6.93. The summed E-state index contributed by atoms with van der Waals surface area (Å²) in [6.07, 6.45) is 5.85. The van der Waals surface area contributed by atoms with Gasteiger partial charge in [-0.05, 0) is 36.9 Å². The molecule has 17 heavy (non-hydrogen) atoms. The number of nitrogens with one attached hydrogen (secondary N) is 1. The molecule has 0 aromatic rings. The highest BCUT2D eigenvalue weighted by molar-refractivity contribution is 9.09. The summed E-state index contributed by atoms with van der Waals surface area (Å²) in [5, 5.41) is 4.38. The van der Waals surface area contributed by atoms with Crippen molar-refractivity contribution in [3.63, 3.8) is 0 Å². The quantitative estimate of drug-likeness (QED) is 0.757. The molecule has 0 bridgehead atoms. The second-order valence-corrected chi connectivity index (χ2v) is 7.63. The van der Waals surface area contributed by atoms with Crippen LogP contribution in [0.2, 0.25) is 0 Å². The normalized spacial score (nSPS) is 21.2.